The molecule has 0 N–H and O–H groups in total. The molecule has 152 valence electrons. The third-order valence-corrected chi connectivity index (χ3v) is 5.89. The molecule has 0 radical (unpaired) electrons. The molecule has 3 aromatic rings. The Morgan fingerprint density at radius 2 is 1.93 bits per heavy atom. The summed E-state index contributed by atoms with van der Waals surface area (Å²) < 4.78 is 18.0. The number of methoxy groups -OCH3 is 1. The van der Waals surface area contributed by atoms with Crippen molar-refractivity contribution in [2.75, 3.05) is 26.8 Å². The summed E-state index contributed by atoms with van der Waals surface area (Å²) >= 11 is 1.54. The van der Waals surface area contributed by atoms with Gasteiger partial charge < -0.3 is 19.1 Å². The molecule has 0 aliphatic carbocycles. The van der Waals surface area contributed by atoms with Gasteiger partial charge in [-0.25, -0.2) is 4.98 Å². The van der Waals surface area contributed by atoms with Gasteiger partial charge in [-0.1, -0.05) is 29.5 Å². The van der Waals surface area contributed by atoms with Gasteiger partial charge in [-0.15, -0.1) is 0 Å². The second-order valence-electron chi connectivity index (χ2n) is 6.92. The number of carbonyl (C=O) groups excluding carboxylic acids is 1. The number of para-hydroxylation sites is 1. The minimum Gasteiger partial charge on any atom is -0.497 e. The zero-order valence-corrected chi connectivity index (χ0v) is 17.2. The molecule has 6 nitrogen and oxygen atoms in total. The quantitative estimate of drug-likeness (QED) is 0.584. The van der Waals surface area contributed by atoms with Gasteiger partial charge in [0.05, 0.1) is 30.4 Å². The first-order valence-corrected chi connectivity index (χ1v) is 10.6. The Morgan fingerprint density at radius 3 is 2.69 bits per heavy atom. The standard InChI is InChI=1S/C22H24N2O4S/c1-26-18-7-8-20-19(15-18)23-22(29-20)28-17-9-12-24(13-10-17)21(25)11-14-27-16-5-3-2-4-6-16/h2-8,15,17H,9-14H2,1H3. The van der Waals surface area contributed by atoms with Crippen LogP contribution in [0, 0.1) is 0 Å². The third kappa shape index (κ3) is 4.98. The fourth-order valence-corrected chi connectivity index (χ4v) is 4.22. The van der Waals surface area contributed by atoms with Crippen LogP contribution in [0.3, 0.4) is 0 Å². The molecule has 0 bridgehead atoms. The molecule has 4 rings (SSSR count). The Kier molecular flexibility index (Phi) is 6.14. The molecule has 1 fully saturated rings. The van der Waals surface area contributed by atoms with Crippen LogP contribution in [0.25, 0.3) is 10.2 Å². The van der Waals surface area contributed by atoms with Crippen LogP contribution < -0.4 is 14.2 Å². The Bertz CT molecular complexity index is 952. The van der Waals surface area contributed by atoms with Crippen molar-refractivity contribution in [1.29, 1.82) is 0 Å². The van der Waals surface area contributed by atoms with Gasteiger partial charge in [0.25, 0.3) is 5.19 Å². The van der Waals surface area contributed by atoms with E-state index < -0.39 is 0 Å². The smallest absolute Gasteiger partial charge is 0.274 e. The number of rotatable bonds is 7. The van der Waals surface area contributed by atoms with Crippen LogP contribution in [0.2, 0.25) is 0 Å². The number of amides is 1. The lowest BCUT2D eigenvalue weighted by atomic mass is 10.1. The van der Waals surface area contributed by atoms with Crippen LogP contribution in [-0.2, 0) is 4.79 Å². The highest BCUT2D eigenvalue weighted by molar-refractivity contribution is 7.20. The molecular weight excluding hydrogens is 388 g/mol. The zero-order chi connectivity index (χ0) is 20.1. The van der Waals surface area contributed by atoms with E-state index in [1.807, 2.05) is 53.4 Å². The zero-order valence-electron chi connectivity index (χ0n) is 16.4. The number of ether oxygens (including phenoxy) is 3. The lowest BCUT2D eigenvalue weighted by Crippen LogP contribution is -2.42. The minimum atomic E-state index is 0.0853. The molecule has 1 aromatic heterocycles. The monoisotopic (exact) mass is 412 g/mol. The lowest BCUT2D eigenvalue weighted by molar-refractivity contribution is -0.133. The van der Waals surface area contributed by atoms with E-state index in [9.17, 15) is 4.79 Å². The van der Waals surface area contributed by atoms with E-state index in [4.69, 9.17) is 14.2 Å². The van der Waals surface area contributed by atoms with Crippen molar-refractivity contribution in [2.24, 2.45) is 0 Å². The topological polar surface area (TPSA) is 60.9 Å². The van der Waals surface area contributed by atoms with Crippen LogP contribution in [0.5, 0.6) is 16.7 Å². The van der Waals surface area contributed by atoms with Crippen molar-refractivity contribution >= 4 is 27.5 Å². The lowest BCUT2D eigenvalue weighted by Gasteiger charge is -2.31. The van der Waals surface area contributed by atoms with Gasteiger partial charge in [0.2, 0.25) is 5.91 Å². The predicted molar refractivity (Wildman–Crippen MR) is 113 cm³/mol. The van der Waals surface area contributed by atoms with Gasteiger partial charge in [-0.3, -0.25) is 4.79 Å². The van der Waals surface area contributed by atoms with Crippen LogP contribution >= 0.6 is 11.3 Å². The van der Waals surface area contributed by atoms with Crippen LogP contribution in [0.4, 0.5) is 0 Å². The molecule has 0 unspecified atom stereocenters. The normalized spacial score (nSPS) is 14.7. The first-order chi connectivity index (χ1) is 14.2. The van der Waals surface area contributed by atoms with E-state index in [2.05, 4.69) is 4.98 Å². The van der Waals surface area contributed by atoms with Gasteiger partial charge in [-0.05, 0) is 24.3 Å². The second-order valence-corrected chi connectivity index (χ2v) is 7.92. The summed E-state index contributed by atoms with van der Waals surface area (Å²) in [7, 11) is 1.65. The number of hydrogen-bond acceptors (Lipinski definition) is 6. The maximum absolute atomic E-state index is 12.4. The number of benzene rings is 2. The van der Waals surface area contributed by atoms with E-state index >= 15 is 0 Å². The second kappa shape index (κ2) is 9.13. The van der Waals surface area contributed by atoms with Crippen molar-refractivity contribution in [2.45, 2.75) is 25.4 Å². The number of hydrogen-bond donors (Lipinski definition) is 0. The number of thiazole rings is 1. The fraction of sp³-hybridized carbons (Fsp3) is 0.364. The minimum absolute atomic E-state index is 0.0853. The third-order valence-electron chi connectivity index (χ3n) is 4.97. The van der Waals surface area contributed by atoms with Gasteiger partial charge >= 0.3 is 0 Å². The van der Waals surface area contributed by atoms with Gasteiger partial charge in [0.1, 0.15) is 17.6 Å². The van der Waals surface area contributed by atoms with Crippen molar-refractivity contribution in [3.8, 4) is 16.7 Å². The molecule has 2 aromatic carbocycles. The number of piperidine rings is 1. The van der Waals surface area contributed by atoms with Gasteiger partial charge in [0.15, 0.2) is 0 Å². The number of carbonyl (C=O) groups is 1. The largest absolute Gasteiger partial charge is 0.497 e. The summed E-state index contributed by atoms with van der Waals surface area (Å²) in [6.07, 6.45) is 2.09. The Morgan fingerprint density at radius 1 is 1.14 bits per heavy atom. The summed E-state index contributed by atoms with van der Waals surface area (Å²) in [5.74, 6) is 1.71. The molecule has 1 amide bonds. The molecule has 1 aliphatic heterocycles. The first-order valence-electron chi connectivity index (χ1n) is 9.78. The SMILES string of the molecule is COc1ccc2sc(OC3CCN(C(=O)CCOc4ccccc4)CC3)nc2c1. The number of likely N-dealkylation sites (tertiary alicyclic amines) is 1. The summed E-state index contributed by atoms with van der Waals surface area (Å²) in [4.78, 5) is 18.9. The average Bonchev–Trinajstić information content (AvgIpc) is 3.16. The predicted octanol–water partition coefficient (Wildman–Crippen LogP) is 4.14. The van der Waals surface area contributed by atoms with Gasteiger partial charge in [-0.2, -0.15) is 0 Å². The van der Waals surface area contributed by atoms with E-state index in [1.165, 1.54) is 0 Å². The van der Waals surface area contributed by atoms with Crippen molar-refractivity contribution in [3.63, 3.8) is 0 Å². The van der Waals surface area contributed by atoms with E-state index in [-0.39, 0.29) is 12.0 Å². The maximum atomic E-state index is 12.4. The van der Waals surface area contributed by atoms with Crippen LogP contribution in [-0.4, -0.2) is 48.7 Å². The average molecular weight is 413 g/mol. The van der Waals surface area contributed by atoms with E-state index in [0.29, 0.717) is 31.3 Å². The van der Waals surface area contributed by atoms with E-state index in [0.717, 1.165) is 34.6 Å². The van der Waals surface area contributed by atoms with Crippen molar-refractivity contribution in [1.82, 2.24) is 9.88 Å². The molecule has 2 heterocycles. The number of fused-ring (bicyclic) bond motifs is 1. The molecule has 1 saturated heterocycles. The highest BCUT2D eigenvalue weighted by atomic mass is 32.1. The number of nitrogens with zero attached hydrogens (tertiary/aromatic N) is 2. The first kappa shape index (κ1) is 19.5. The maximum Gasteiger partial charge on any atom is 0.274 e. The summed E-state index contributed by atoms with van der Waals surface area (Å²) in [5.41, 5.74) is 0.885. The Balaban J connectivity index is 1.23. The highest BCUT2D eigenvalue weighted by Crippen LogP contribution is 2.32. The molecule has 1 aliphatic rings. The Hall–Kier alpha value is -2.80. The molecular formula is C22H24N2O4S. The van der Waals surface area contributed by atoms with E-state index in [1.54, 1.807) is 18.4 Å². The van der Waals surface area contributed by atoms with Crippen molar-refractivity contribution < 1.29 is 19.0 Å². The molecule has 0 saturated carbocycles. The molecule has 0 atom stereocenters. The summed E-state index contributed by atoms with van der Waals surface area (Å²) in [5, 5.41) is 0.675. The van der Waals surface area contributed by atoms with Gasteiger partial charge in [0, 0.05) is 32.0 Å². The summed E-state index contributed by atoms with van der Waals surface area (Å²) in [6, 6.07) is 15.4. The highest BCUT2D eigenvalue weighted by Gasteiger charge is 2.24. The van der Waals surface area contributed by atoms with Crippen molar-refractivity contribution in [3.05, 3.63) is 48.5 Å². The summed E-state index contributed by atoms with van der Waals surface area (Å²) in [6.45, 7) is 1.80. The number of aromatic nitrogens is 1. The Labute approximate surface area is 174 Å². The fourth-order valence-electron chi connectivity index (χ4n) is 3.36. The molecule has 0 spiro atoms. The van der Waals surface area contributed by atoms with Crippen LogP contribution in [0.15, 0.2) is 48.5 Å². The molecule has 29 heavy (non-hydrogen) atoms. The van der Waals surface area contributed by atoms with Crippen LogP contribution in [0.1, 0.15) is 19.3 Å². The molecule has 7 heteroatoms.